The van der Waals surface area contributed by atoms with E-state index in [0.29, 0.717) is 12.0 Å². The van der Waals surface area contributed by atoms with Crippen LogP contribution in [0.5, 0.6) is 0 Å². The molecule has 1 atom stereocenters. The summed E-state index contributed by atoms with van der Waals surface area (Å²) >= 11 is 3.49. The molecule has 3 nitrogen and oxygen atoms in total. The molecule has 4 heteroatoms. The molecule has 0 aliphatic heterocycles. The highest BCUT2D eigenvalue weighted by Crippen LogP contribution is 2.26. The number of carbonyl (C=O) groups excluding carboxylic acids is 1. The van der Waals surface area contributed by atoms with Crippen molar-refractivity contribution < 1.29 is 4.79 Å². The zero-order valence-electron chi connectivity index (χ0n) is 13.4. The topological polar surface area (TPSA) is 41.1 Å². The van der Waals surface area contributed by atoms with Crippen LogP contribution < -0.4 is 10.9 Å². The van der Waals surface area contributed by atoms with Gasteiger partial charge in [0.05, 0.1) is 5.54 Å². The molecule has 0 aromatic heterocycles. The zero-order chi connectivity index (χ0) is 16.9. The summed E-state index contributed by atoms with van der Waals surface area (Å²) < 4.78 is 0.997. The molecule has 0 saturated heterocycles. The maximum absolute atomic E-state index is 12.3. The fraction of sp³-hybridized carbons (Fsp3) is 0.211. The summed E-state index contributed by atoms with van der Waals surface area (Å²) in [7, 11) is 0. The van der Waals surface area contributed by atoms with Crippen LogP contribution in [0.4, 0.5) is 0 Å². The molecule has 0 aliphatic carbocycles. The molecule has 2 aromatic rings. The van der Waals surface area contributed by atoms with Crippen LogP contribution in [0.1, 0.15) is 34.8 Å². The van der Waals surface area contributed by atoms with Crippen LogP contribution in [0.15, 0.2) is 65.7 Å². The molecule has 1 unspecified atom stereocenters. The van der Waals surface area contributed by atoms with Crippen LogP contribution >= 0.6 is 15.9 Å². The molecular formula is C19H21BrN2O. The lowest BCUT2D eigenvalue weighted by atomic mass is 9.89. The number of hydrogen-bond acceptors (Lipinski definition) is 2. The van der Waals surface area contributed by atoms with Gasteiger partial charge < -0.3 is 0 Å². The van der Waals surface area contributed by atoms with E-state index >= 15 is 0 Å². The van der Waals surface area contributed by atoms with E-state index in [1.165, 1.54) is 0 Å². The highest BCUT2D eigenvalue weighted by atomic mass is 79.9. The van der Waals surface area contributed by atoms with E-state index in [1.54, 1.807) is 0 Å². The van der Waals surface area contributed by atoms with Gasteiger partial charge in [0.1, 0.15) is 0 Å². The van der Waals surface area contributed by atoms with E-state index in [4.69, 9.17) is 0 Å². The highest BCUT2D eigenvalue weighted by Gasteiger charge is 2.26. The van der Waals surface area contributed by atoms with Gasteiger partial charge in [-0.15, -0.1) is 6.58 Å². The van der Waals surface area contributed by atoms with Crippen molar-refractivity contribution in [2.24, 2.45) is 0 Å². The van der Waals surface area contributed by atoms with E-state index in [2.05, 4.69) is 33.4 Å². The predicted molar refractivity (Wildman–Crippen MR) is 98.1 cm³/mol. The monoisotopic (exact) mass is 372 g/mol. The number of hydrogen-bond donors (Lipinski definition) is 2. The number of benzene rings is 2. The molecule has 23 heavy (non-hydrogen) atoms. The molecular weight excluding hydrogens is 352 g/mol. The minimum Gasteiger partial charge on any atom is -0.287 e. The van der Waals surface area contributed by atoms with E-state index in [9.17, 15) is 4.79 Å². The molecule has 0 radical (unpaired) electrons. The van der Waals surface area contributed by atoms with Crippen molar-refractivity contribution in [3.8, 4) is 0 Å². The number of halogens is 1. The van der Waals surface area contributed by atoms with Crippen molar-refractivity contribution in [2.45, 2.75) is 25.8 Å². The quantitative estimate of drug-likeness (QED) is 0.579. The highest BCUT2D eigenvalue weighted by molar-refractivity contribution is 9.10. The van der Waals surface area contributed by atoms with Crippen LogP contribution in [-0.2, 0) is 5.54 Å². The van der Waals surface area contributed by atoms with Crippen molar-refractivity contribution in [3.05, 3.63) is 82.3 Å². The zero-order valence-corrected chi connectivity index (χ0v) is 15.0. The van der Waals surface area contributed by atoms with Crippen molar-refractivity contribution in [3.63, 3.8) is 0 Å². The third-order valence-electron chi connectivity index (χ3n) is 3.78. The normalized spacial score (nSPS) is 13.2. The van der Waals surface area contributed by atoms with E-state index < -0.39 is 5.54 Å². The van der Waals surface area contributed by atoms with Gasteiger partial charge in [0.25, 0.3) is 5.91 Å². The Hall–Kier alpha value is -1.91. The number of hydrazine groups is 1. The Bertz CT molecular complexity index is 697. The summed E-state index contributed by atoms with van der Waals surface area (Å²) in [6, 6.07) is 15.5. The Labute approximate surface area is 145 Å². The minimum absolute atomic E-state index is 0.157. The second-order valence-corrected chi connectivity index (χ2v) is 6.70. The first-order valence-corrected chi connectivity index (χ1v) is 8.25. The Balaban J connectivity index is 2.14. The molecule has 1 amide bonds. The fourth-order valence-electron chi connectivity index (χ4n) is 2.33. The summed E-state index contributed by atoms with van der Waals surface area (Å²) in [6.45, 7) is 7.85. The van der Waals surface area contributed by atoms with Crippen LogP contribution in [-0.4, -0.2) is 5.91 Å². The van der Waals surface area contributed by atoms with Crippen molar-refractivity contribution >= 4 is 21.8 Å². The van der Waals surface area contributed by atoms with E-state index in [0.717, 1.165) is 15.6 Å². The largest absolute Gasteiger partial charge is 0.287 e. The lowest BCUT2D eigenvalue weighted by molar-refractivity contribution is 0.0907. The molecule has 2 aromatic carbocycles. The summed E-state index contributed by atoms with van der Waals surface area (Å²) in [5, 5.41) is 0. The molecule has 2 rings (SSSR count). The lowest BCUT2D eigenvalue weighted by Crippen LogP contribution is -2.50. The smallest absolute Gasteiger partial charge is 0.265 e. The predicted octanol–water partition coefficient (Wildman–Crippen LogP) is 4.48. The maximum atomic E-state index is 12.3. The van der Waals surface area contributed by atoms with E-state index in [-0.39, 0.29) is 5.91 Å². The van der Waals surface area contributed by atoms with Gasteiger partial charge in [-0.2, -0.15) is 0 Å². The number of rotatable bonds is 6. The minimum atomic E-state index is -0.439. The lowest BCUT2D eigenvalue weighted by Gasteiger charge is -2.31. The molecule has 120 valence electrons. The van der Waals surface area contributed by atoms with E-state index in [1.807, 2.05) is 68.5 Å². The van der Waals surface area contributed by atoms with Crippen molar-refractivity contribution in [1.29, 1.82) is 0 Å². The molecule has 0 spiro atoms. The third kappa shape index (κ3) is 4.53. The van der Waals surface area contributed by atoms with Crippen molar-refractivity contribution in [2.75, 3.05) is 0 Å². The van der Waals surface area contributed by atoms with Gasteiger partial charge >= 0.3 is 0 Å². The van der Waals surface area contributed by atoms with Gasteiger partial charge in [0.2, 0.25) is 0 Å². The van der Waals surface area contributed by atoms with Gasteiger partial charge in [-0.05, 0) is 50.1 Å². The van der Waals surface area contributed by atoms with Crippen LogP contribution in [0.2, 0.25) is 0 Å². The third-order valence-corrected chi connectivity index (χ3v) is 4.27. The first kappa shape index (κ1) is 17.4. The Morgan fingerprint density at radius 1 is 1.26 bits per heavy atom. The second-order valence-electron chi connectivity index (χ2n) is 5.78. The summed E-state index contributed by atoms with van der Waals surface area (Å²) in [4.78, 5) is 12.3. The Morgan fingerprint density at radius 2 is 1.96 bits per heavy atom. The van der Waals surface area contributed by atoms with Crippen molar-refractivity contribution in [1.82, 2.24) is 10.9 Å². The fourth-order valence-corrected chi connectivity index (χ4v) is 2.73. The van der Waals surface area contributed by atoms with Gasteiger partial charge in [-0.3, -0.25) is 10.2 Å². The molecule has 0 bridgehead atoms. The number of aryl methyl sites for hydroxylation is 1. The first-order valence-electron chi connectivity index (χ1n) is 7.46. The average molecular weight is 373 g/mol. The van der Waals surface area contributed by atoms with Gasteiger partial charge in [-0.1, -0.05) is 51.8 Å². The molecule has 0 saturated carbocycles. The van der Waals surface area contributed by atoms with Gasteiger partial charge in [0.15, 0.2) is 0 Å². The number of carbonyl (C=O) groups is 1. The summed E-state index contributed by atoms with van der Waals surface area (Å²) in [6.07, 6.45) is 2.52. The van der Waals surface area contributed by atoms with Gasteiger partial charge in [0, 0.05) is 10.0 Å². The number of nitrogens with one attached hydrogen (secondary N) is 2. The SMILES string of the molecule is C=CCC(C)(NNC(=O)c1ccc(C)cc1)c1cccc(Br)c1. The summed E-state index contributed by atoms with van der Waals surface area (Å²) in [5.41, 5.74) is 8.35. The molecule has 0 aliphatic rings. The maximum Gasteiger partial charge on any atom is 0.265 e. The van der Waals surface area contributed by atoms with Gasteiger partial charge in [-0.25, -0.2) is 5.43 Å². The standard InChI is InChI=1S/C19H21BrN2O/c1-4-12-19(3,16-6-5-7-17(20)13-16)22-21-18(23)15-10-8-14(2)9-11-15/h4-11,13,22H,1,12H2,2-3H3,(H,21,23). The Morgan fingerprint density at radius 3 is 2.57 bits per heavy atom. The summed E-state index contributed by atoms with van der Waals surface area (Å²) in [5.74, 6) is -0.157. The molecule has 0 heterocycles. The molecule has 2 N–H and O–H groups in total. The van der Waals surface area contributed by atoms with Crippen LogP contribution in [0, 0.1) is 6.92 Å². The molecule has 0 fully saturated rings. The van der Waals surface area contributed by atoms with Crippen LogP contribution in [0.25, 0.3) is 0 Å². The average Bonchev–Trinajstić information content (AvgIpc) is 2.53. The Kier molecular flexibility index (Phi) is 5.74. The second kappa shape index (κ2) is 7.57. The number of amides is 1. The van der Waals surface area contributed by atoms with Crippen LogP contribution in [0.3, 0.4) is 0 Å². The first-order chi connectivity index (χ1) is 10.9.